The molecule has 0 atom stereocenters. The van der Waals surface area contributed by atoms with Gasteiger partial charge in [-0.15, -0.1) is 0 Å². The molecule has 0 spiro atoms. The number of benzene rings is 1. The minimum atomic E-state index is -0.230. The summed E-state index contributed by atoms with van der Waals surface area (Å²) in [6, 6.07) is 11.6. The maximum Gasteiger partial charge on any atom is 0.296 e. The summed E-state index contributed by atoms with van der Waals surface area (Å²) < 4.78 is 20.9. The SMILES string of the molecule is O=C(Cc1cc(COCc2ccccc2)on1)NC=C1OCCO1. The Hall–Kier alpha value is -2.80. The first kappa shape index (κ1) is 16.1. The van der Waals surface area contributed by atoms with Gasteiger partial charge in [0.2, 0.25) is 5.91 Å². The number of rotatable bonds is 7. The van der Waals surface area contributed by atoms with E-state index in [-0.39, 0.29) is 12.3 Å². The van der Waals surface area contributed by atoms with Gasteiger partial charge in [0.1, 0.15) is 19.8 Å². The van der Waals surface area contributed by atoms with Crippen molar-refractivity contribution in [2.75, 3.05) is 13.2 Å². The van der Waals surface area contributed by atoms with Gasteiger partial charge < -0.3 is 24.1 Å². The molecule has 1 aliphatic heterocycles. The topological polar surface area (TPSA) is 82.8 Å². The molecule has 1 aliphatic rings. The third-order valence-corrected chi connectivity index (χ3v) is 3.23. The fourth-order valence-corrected chi connectivity index (χ4v) is 2.12. The quantitative estimate of drug-likeness (QED) is 0.835. The molecule has 1 fully saturated rings. The van der Waals surface area contributed by atoms with Crippen molar-refractivity contribution in [3.05, 3.63) is 65.6 Å². The molecule has 7 heteroatoms. The Morgan fingerprint density at radius 3 is 2.79 bits per heavy atom. The monoisotopic (exact) mass is 330 g/mol. The second-order valence-electron chi connectivity index (χ2n) is 5.17. The highest BCUT2D eigenvalue weighted by Crippen LogP contribution is 2.09. The van der Waals surface area contributed by atoms with Gasteiger partial charge in [0, 0.05) is 6.07 Å². The summed E-state index contributed by atoms with van der Waals surface area (Å²) in [7, 11) is 0. The first-order valence-electron chi connectivity index (χ1n) is 7.61. The number of ether oxygens (including phenoxy) is 3. The highest BCUT2D eigenvalue weighted by molar-refractivity contribution is 5.79. The van der Waals surface area contributed by atoms with Crippen LogP contribution in [0.1, 0.15) is 17.0 Å². The number of aromatic nitrogens is 1. The van der Waals surface area contributed by atoms with Crippen LogP contribution in [0.5, 0.6) is 0 Å². The van der Waals surface area contributed by atoms with Crippen LogP contribution in [0.2, 0.25) is 0 Å². The zero-order valence-electron chi connectivity index (χ0n) is 13.1. The lowest BCUT2D eigenvalue weighted by molar-refractivity contribution is -0.119. The van der Waals surface area contributed by atoms with Crippen molar-refractivity contribution in [2.45, 2.75) is 19.6 Å². The highest BCUT2D eigenvalue weighted by atomic mass is 16.7. The molecular formula is C17H18N2O5. The first-order chi connectivity index (χ1) is 11.8. The van der Waals surface area contributed by atoms with Crippen molar-refractivity contribution in [3.8, 4) is 0 Å². The Bertz CT molecular complexity index is 688. The van der Waals surface area contributed by atoms with Gasteiger partial charge in [0.05, 0.1) is 24.9 Å². The molecule has 126 valence electrons. The van der Waals surface area contributed by atoms with Crippen LogP contribution < -0.4 is 5.32 Å². The van der Waals surface area contributed by atoms with Crippen molar-refractivity contribution >= 4 is 5.91 Å². The summed E-state index contributed by atoms with van der Waals surface area (Å²) in [6.45, 7) is 1.79. The van der Waals surface area contributed by atoms with E-state index >= 15 is 0 Å². The molecule has 0 radical (unpaired) electrons. The molecule has 0 aliphatic carbocycles. The first-order valence-corrected chi connectivity index (χ1v) is 7.61. The summed E-state index contributed by atoms with van der Waals surface area (Å²) in [4.78, 5) is 11.8. The van der Waals surface area contributed by atoms with Crippen molar-refractivity contribution in [1.29, 1.82) is 0 Å². The van der Waals surface area contributed by atoms with Gasteiger partial charge in [0.25, 0.3) is 5.95 Å². The molecule has 2 aromatic rings. The lowest BCUT2D eigenvalue weighted by Crippen LogP contribution is -2.20. The number of hydrogen-bond donors (Lipinski definition) is 1. The molecule has 1 aromatic carbocycles. The number of nitrogens with one attached hydrogen (secondary N) is 1. The van der Waals surface area contributed by atoms with Crippen LogP contribution in [-0.4, -0.2) is 24.3 Å². The Morgan fingerprint density at radius 1 is 1.21 bits per heavy atom. The zero-order valence-corrected chi connectivity index (χ0v) is 13.1. The molecule has 1 amide bonds. The molecule has 0 unspecified atom stereocenters. The van der Waals surface area contributed by atoms with Crippen molar-refractivity contribution < 1.29 is 23.5 Å². The van der Waals surface area contributed by atoms with Crippen LogP contribution in [-0.2, 0) is 38.6 Å². The third-order valence-electron chi connectivity index (χ3n) is 3.23. The van der Waals surface area contributed by atoms with E-state index in [9.17, 15) is 4.79 Å². The van der Waals surface area contributed by atoms with Gasteiger partial charge >= 0.3 is 0 Å². The predicted molar refractivity (Wildman–Crippen MR) is 83.3 cm³/mol. The van der Waals surface area contributed by atoms with Gasteiger partial charge in [-0.05, 0) is 5.56 Å². The van der Waals surface area contributed by atoms with E-state index in [1.165, 1.54) is 6.20 Å². The second-order valence-corrected chi connectivity index (χ2v) is 5.17. The number of nitrogens with zero attached hydrogens (tertiary/aromatic N) is 1. The molecule has 0 bridgehead atoms. The largest absolute Gasteiger partial charge is 0.461 e. The Labute approximate surface area is 139 Å². The lowest BCUT2D eigenvalue weighted by atomic mass is 10.2. The van der Waals surface area contributed by atoms with Crippen molar-refractivity contribution in [2.24, 2.45) is 0 Å². The number of hydrogen-bond acceptors (Lipinski definition) is 6. The van der Waals surface area contributed by atoms with Crippen LogP contribution in [0, 0.1) is 0 Å². The number of amides is 1. The molecule has 24 heavy (non-hydrogen) atoms. The summed E-state index contributed by atoms with van der Waals surface area (Å²) in [5, 5.41) is 6.45. The smallest absolute Gasteiger partial charge is 0.296 e. The Balaban J connectivity index is 1.41. The molecule has 0 saturated carbocycles. The average Bonchev–Trinajstić information content (AvgIpc) is 3.26. The molecular weight excluding hydrogens is 312 g/mol. The van der Waals surface area contributed by atoms with Crippen LogP contribution in [0.15, 0.2) is 53.1 Å². The minimum absolute atomic E-state index is 0.103. The van der Waals surface area contributed by atoms with Gasteiger partial charge in [-0.3, -0.25) is 4.79 Å². The van der Waals surface area contributed by atoms with E-state index < -0.39 is 0 Å². The fraction of sp³-hybridized carbons (Fsp3) is 0.294. The number of carbonyl (C=O) groups excluding carboxylic acids is 1. The predicted octanol–water partition coefficient (Wildman–Crippen LogP) is 1.90. The molecule has 1 N–H and O–H groups in total. The average molecular weight is 330 g/mol. The van der Waals surface area contributed by atoms with E-state index in [4.69, 9.17) is 18.7 Å². The summed E-state index contributed by atoms with van der Waals surface area (Å²) in [5.41, 5.74) is 1.62. The van der Waals surface area contributed by atoms with Crippen LogP contribution >= 0.6 is 0 Å². The maximum absolute atomic E-state index is 11.8. The highest BCUT2D eigenvalue weighted by Gasteiger charge is 2.11. The van der Waals surface area contributed by atoms with E-state index in [0.717, 1.165) is 5.56 Å². The van der Waals surface area contributed by atoms with E-state index in [2.05, 4.69) is 10.5 Å². The second kappa shape index (κ2) is 8.16. The summed E-state index contributed by atoms with van der Waals surface area (Å²) >= 11 is 0. The van der Waals surface area contributed by atoms with Crippen LogP contribution in [0.25, 0.3) is 0 Å². The van der Waals surface area contributed by atoms with Gasteiger partial charge in [-0.25, -0.2) is 0 Å². The molecule has 2 heterocycles. The normalized spacial score (nSPS) is 13.2. The molecule has 3 rings (SSSR count). The van der Waals surface area contributed by atoms with Crippen molar-refractivity contribution in [3.63, 3.8) is 0 Å². The van der Waals surface area contributed by atoms with E-state index in [1.807, 2.05) is 30.3 Å². The van der Waals surface area contributed by atoms with Crippen molar-refractivity contribution in [1.82, 2.24) is 10.5 Å². The summed E-state index contributed by atoms with van der Waals surface area (Å²) in [6.07, 6.45) is 1.51. The molecule has 1 aromatic heterocycles. The Kier molecular flexibility index (Phi) is 5.47. The van der Waals surface area contributed by atoms with Gasteiger partial charge in [-0.2, -0.15) is 0 Å². The number of carbonyl (C=O) groups is 1. The van der Waals surface area contributed by atoms with Gasteiger partial charge in [-0.1, -0.05) is 35.5 Å². The van der Waals surface area contributed by atoms with Crippen LogP contribution in [0.4, 0.5) is 0 Å². The molecule has 1 saturated heterocycles. The zero-order chi connectivity index (χ0) is 16.6. The van der Waals surface area contributed by atoms with E-state index in [0.29, 0.717) is 43.8 Å². The fourth-order valence-electron chi connectivity index (χ4n) is 2.12. The van der Waals surface area contributed by atoms with Gasteiger partial charge in [0.15, 0.2) is 5.76 Å². The minimum Gasteiger partial charge on any atom is -0.461 e. The lowest BCUT2D eigenvalue weighted by Gasteiger charge is -2.01. The van der Waals surface area contributed by atoms with Crippen LogP contribution in [0.3, 0.4) is 0 Å². The summed E-state index contributed by atoms with van der Waals surface area (Å²) in [5.74, 6) is 0.666. The molecule has 7 nitrogen and oxygen atoms in total. The standard InChI is InChI=1S/C17H18N2O5/c20-16(18-10-17-22-6-7-23-17)9-14-8-15(24-19-14)12-21-11-13-4-2-1-3-5-13/h1-5,8,10H,6-7,9,11-12H2,(H,18,20). The van der Waals surface area contributed by atoms with E-state index in [1.54, 1.807) is 6.07 Å². The Morgan fingerprint density at radius 2 is 2.00 bits per heavy atom. The maximum atomic E-state index is 11.8. The third kappa shape index (κ3) is 4.85.